The van der Waals surface area contributed by atoms with Gasteiger partial charge in [0.15, 0.2) is 5.76 Å². The van der Waals surface area contributed by atoms with Gasteiger partial charge < -0.3 is 9.40 Å². The highest BCUT2D eigenvalue weighted by Crippen LogP contribution is 2.18. The van der Waals surface area contributed by atoms with Crippen molar-refractivity contribution in [3.05, 3.63) is 28.4 Å². The second-order valence-corrected chi connectivity index (χ2v) is 3.24. The van der Waals surface area contributed by atoms with Crippen LogP contribution >= 0.6 is 12.2 Å². The first-order chi connectivity index (χ1) is 5.75. The van der Waals surface area contributed by atoms with Gasteiger partial charge in [0.1, 0.15) is 0 Å². The molecule has 0 saturated carbocycles. The van der Waals surface area contributed by atoms with E-state index < -0.39 is 0 Å². The second-order valence-electron chi connectivity index (χ2n) is 2.87. The van der Waals surface area contributed by atoms with E-state index in [2.05, 4.69) is 24.1 Å². The van der Waals surface area contributed by atoms with Crippen LogP contribution in [0.2, 0.25) is 0 Å². The van der Waals surface area contributed by atoms with Gasteiger partial charge in [0.05, 0.1) is 5.69 Å². The van der Waals surface area contributed by atoms with Gasteiger partial charge in [-0.2, -0.15) is 0 Å². The molecule has 1 N–H and O–H groups in total. The Morgan fingerprint density at radius 2 is 2.17 bits per heavy atom. The molecular formula is C9H9NOS. The molecule has 0 spiro atoms. The van der Waals surface area contributed by atoms with E-state index in [1.807, 2.05) is 12.2 Å². The van der Waals surface area contributed by atoms with E-state index >= 15 is 0 Å². The van der Waals surface area contributed by atoms with Gasteiger partial charge in [0.2, 0.25) is 0 Å². The van der Waals surface area contributed by atoms with Crippen molar-refractivity contribution in [3.8, 4) is 0 Å². The van der Waals surface area contributed by atoms with E-state index in [0.717, 1.165) is 11.5 Å². The van der Waals surface area contributed by atoms with Crippen molar-refractivity contribution >= 4 is 24.4 Å². The average molecular weight is 179 g/mol. The fourth-order valence-corrected chi connectivity index (χ4v) is 1.35. The summed E-state index contributed by atoms with van der Waals surface area (Å²) >= 11 is 4.86. The summed E-state index contributed by atoms with van der Waals surface area (Å²) in [5.74, 6) is 1.27. The first-order valence-electron chi connectivity index (χ1n) is 3.85. The number of H-pyrrole nitrogens is 1. The fraction of sp³-hybridized carbons (Fsp3) is 0.222. The fourth-order valence-electron chi connectivity index (χ4n) is 1.15. The summed E-state index contributed by atoms with van der Waals surface area (Å²) in [6.07, 6.45) is 8.13. The molecule has 0 amide bonds. The molecule has 0 fully saturated rings. The van der Waals surface area contributed by atoms with Crippen LogP contribution in [0.3, 0.4) is 0 Å². The summed E-state index contributed by atoms with van der Waals surface area (Å²) in [4.78, 5) is 3.40. The number of oxazole rings is 1. The third-order valence-corrected chi connectivity index (χ3v) is 2.01. The highest BCUT2D eigenvalue weighted by molar-refractivity contribution is 7.71. The summed E-state index contributed by atoms with van der Waals surface area (Å²) in [5, 5.41) is 0. The Morgan fingerprint density at radius 1 is 1.42 bits per heavy atom. The smallest absolute Gasteiger partial charge is 0.266 e. The van der Waals surface area contributed by atoms with Crippen LogP contribution in [0.5, 0.6) is 0 Å². The highest BCUT2D eigenvalue weighted by atomic mass is 32.1. The third kappa shape index (κ3) is 1.28. The molecule has 0 aromatic carbocycles. The van der Waals surface area contributed by atoms with Crippen molar-refractivity contribution in [1.82, 2.24) is 4.98 Å². The molecule has 1 aromatic heterocycles. The number of fused-ring (bicyclic) bond motifs is 1. The Balaban J connectivity index is 2.56. The van der Waals surface area contributed by atoms with Crippen LogP contribution in [0.1, 0.15) is 18.4 Å². The Morgan fingerprint density at radius 3 is 3.00 bits per heavy atom. The molecule has 1 heterocycles. The monoisotopic (exact) mass is 179 g/mol. The van der Waals surface area contributed by atoms with Crippen LogP contribution in [0, 0.1) is 10.8 Å². The second kappa shape index (κ2) is 2.75. The molecule has 0 radical (unpaired) electrons. The standard InChI is InChI=1S/C9H9NOS/c1-6-2-4-7-8(5-3-6)11-9(12)10-7/h2-6H,1H3,(H,10,12). The number of allylic oxidation sites excluding steroid dienone is 2. The molecule has 1 atom stereocenters. The number of hydrogen-bond donors (Lipinski definition) is 1. The molecule has 1 aliphatic rings. The molecule has 62 valence electrons. The summed E-state index contributed by atoms with van der Waals surface area (Å²) in [5.41, 5.74) is 0.959. The SMILES string of the molecule is CC1C=Cc2[nH]c(=S)oc2C=C1. The Bertz CT molecular complexity index is 362. The van der Waals surface area contributed by atoms with Crippen molar-refractivity contribution in [2.45, 2.75) is 6.92 Å². The lowest BCUT2D eigenvalue weighted by Crippen LogP contribution is -1.77. The quantitative estimate of drug-likeness (QED) is 0.620. The summed E-state index contributed by atoms with van der Waals surface area (Å²) < 4.78 is 5.26. The number of nitrogens with one attached hydrogen (secondary N) is 1. The molecule has 2 nitrogen and oxygen atoms in total. The third-order valence-electron chi connectivity index (χ3n) is 1.82. The van der Waals surface area contributed by atoms with Crippen LogP contribution in [0.15, 0.2) is 16.6 Å². The largest absolute Gasteiger partial charge is 0.429 e. The van der Waals surface area contributed by atoms with Crippen molar-refractivity contribution in [2.75, 3.05) is 0 Å². The molecule has 0 aliphatic heterocycles. The van der Waals surface area contributed by atoms with Crippen LogP contribution in [0.25, 0.3) is 12.2 Å². The molecule has 0 saturated heterocycles. The Labute approximate surface area is 75.6 Å². The van der Waals surface area contributed by atoms with Crippen LogP contribution in [-0.4, -0.2) is 4.98 Å². The predicted octanol–water partition coefficient (Wildman–Crippen LogP) is 3.01. The molecule has 2 rings (SSSR count). The van der Waals surface area contributed by atoms with Crippen LogP contribution < -0.4 is 0 Å². The lowest BCUT2D eigenvalue weighted by Gasteiger charge is -1.91. The van der Waals surface area contributed by atoms with Gasteiger partial charge in [-0.3, -0.25) is 0 Å². The number of aromatic amines is 1. The maximum atomic E-state index is 5.26. The van der Waals surface area contributed by atoms with Gasteiger partial charge in [-0.1, -0.05) is 19.1 Å². The van der Waals surface area contributed by atoms with E-state index in [1.165, 1.54) is 0 Å². The van der Waals surface area contributed by atoms with E-state index in [9.17, 15) is 0 Å². The first kappa shape index (κ1) is 7.55. The topological polar surface area (TPSA) is 28.9 Å². The normalized spacial score (nSPS) is 20.6. The molecule has 0 bridgehead atoms. The van der Waals surface area contributed by atoms with Gasteiger partial charge in [-0.05, 0) is 30.3 Å². The summed E-state index contributed by atoms with van der Waals surface area (Å²) in [7, 11) is 0. The molecule has 1 unspecified atom stereocenters. The molecule has 3 heteroatoms. The number of aromatic nitrogens is 1. The number of rotatable bonds is 0. The maximum Gasteiger partial charge on any atom is 0.266 e. The van der Waals surface area contributed by atoms with Gasteiger partial charge >= 0.3 is 0 Å². The van der Waals surface area contributed by atoms with Gasteiger partial charge in [0, 0.05) is 0 Å². The van der Waals surface area contributed by atoms with E-state index in [0.29, 0.717) is 10.8 Å². The molecular weight excluding hydrogens is 170 g/mol. The molecule has 12 heavy (non-hydrogen) atoms. The zero-order chi connectivity index (χ0) is 8.55. The molecule has 1 aromatic rings. The Hall–Kier alpha value is -1.09. The lowest BCUT2D eigenvalue weighted by molar-refractivity contribution is 0.531. The minimum absolute atomic E-state index is 0.434. The first-order valence-corrected chi connectivity index (χ1v) is 4.26. The van der Waals surface area contributed by atoms with Gasteiger partial charge in [-0.25, -0.2) is 0 Å². The molecule has 1 aliphatic carbocycles. The van der Waals surface area contributed by atoms with Crippen LogP contribution in [0.4, 0.5) is 0 Å². The minimum Gasteiger partial charge on any atom is -0.429 e. The van der Waals surface area contributed by atoms with E-state index in [-0.39, 0.29) is 0 Å². The number of hydrogen-bond acceptors (Lipinski definition) is 2. The maximum absolute atomic E-state index is 5.26. The van der Waals surface area contributed by atoms with Crippen molar-refractivity contribution in [2.24, 2.45) is 5.92 Å². The zero-order valence-electron chi connectivity index (χ0n) is 6.70. The predicted molar refractivity (Wildman–Crippen MR) is 51.1 cm³/mol. The van der Waals surface area contributed by atoms with Crippen molar-refractivity contribution < 1.29 is 4.42 Å². The van der Waals surface area contributed by atoms with Crippen molar-refractivity contribution in [1.29, 1.82) is 0 Å². The highest BCUT2D eigenvalue weighted by Gasteiger charge is 2.05. The minimum atomic E-state index is 0.434. The van der Waals surface area contributed by atoms with Gasteiger partial charge in [-0.15, -0.1) is 0 Å². The summed E-state index contributed by atoms with van der Waals surface area (Å²) in [6.45, 7) is 2.12. The van der Waals surface area contributed by atoms with Gasteiger partial charge in [0.25, 0.3) is 4.84 Å². The zero-order valence-corrected chi connectivity index (χ0v) is 7.52. The van der Waals surface area contributed by atoms with E-state index in [1.54, 1.807) is 0 Å². The van der Waals surface area contributed by atoms with Crippen molar-refractivity contribution in [3.63, 3.8) is 0 Å². The summed E-state index contributed by atoms with van der Waals surface area (Å²) in [6, 6.07) is 0. The van der Waals surface area contributed by atoms with E-state index in [4.69, 9.17) is 16.6 Å². The lowest BCUT2D eigenvalue weighted by atomic mass is 10.2. The Kier molecular flexibility index (Phi) is 1.73. The average Bonchev–Trinajstić information content (AvgIpc) is 2.31. The van der Waals surface area contributed by atoms with Crippen LogP contribution in [-0.2, 0) is 0 Å².